The molecule has 0 bridgehead atoms. The molecule has 0 radical (unpaired) electrons. The lowest BCUT2D eigenvalue weighted by Gasteiger charge is -2.19. The Morgan fingerprint density at radius 2 is 1.56 bits per heavy atom. The summed E-state index contributed by atoms with van der Waals surface area (Å²) in [6.07, 6.45) is 4.50. The van der Waals surface area contributed by atoms with Gasteiger partial charge in [0.1, 0.15) is 5.82 Å². The lowest BCUT2D eigenvalue weighted by atomic mass is 9.87. The zero-order valence-corrected chi connectivity index (χ0v) is 20.9. The smallest absolute Gasteiger partial charge is 0.335 e. The average Bonchev–Trinajstić information content (AvgIpc) is 3.51. The van der Waals surface area contributed by atoms with Crippen molar-refractivity contribution >= 4 is 28.6 Å². The number of hydrogen-bond donors (Lipinski definition) is 2. The van der Waals surface area contributed by atoms with E-state index in [4.69, 9.17) is 4.98 Å². The second-order valence-electron chi connectivity index (χ2n) is 10.6. The first-order valence-electron chi connectivity index (χ1n) is 12.5. The highest BCUT2D eigenvalue weighted by molar-refractivity contribution is 6.04. The van der Waals surface area contributed by atoms with Crippen LogP contribution < -0.4 is 5.32 Å². The predicted molar refractivity (Wildman–Crippen MR) is 143 cm³/mol. The van der Waals surface area contributed by atoms with Crippen molar-refractivity contribution < 1.29 is 14.7 Å². The molecule has 1 amide bonds. The van der Waals surface area contributed by atoms with Crippen LogP contribution in [0.5, 0.6) is 0 Å². The van der Waals surface area contributed by atoms with E-state index in [0.717, 1.165) is 35.4 Å². The topological polar surface area (TPSA) is 84.2 Å². The molecule has 1 aromatic heterocycles. The van der Waals surface area contributed by atoms with Crippen molar-refractivity contribution in [2.75, 3.05) is 5.32 Å². The molecule has 2 N–H and O–H groups in total. The molecule has 4 aromatic rings. The number of amides is 1. The van der Waals surface area contributed by atoms with Gasteiger partial charge >= 0.3 is 5.97 Å². The molecule has 6 heteroatoms. The van der Waals surface area contributed by atoms with E-state index in [0.29, 0.717) is 17.1 Å². The molecule has 0 atom stereocenters. The van der Waals surface area contributed by atoms with Crippen LogP contribution in [0, 0.1) is 0 Å². The van der Waals surface area contributed by atoms with E-state index in [1.54, 1.807) is 12.1 Å². The Kier molecular flexibility index (Phi) is 6.12. The molecular formula is C30H31N3O3. The van der Waals surface area contributed by atoms with Gasteiger partial charge in [-0.3, -0.25) is 4.79 Å². The number of fused-ring (bicyclic) bond motifs is 1. The molecule has 5 rings (SSSR count). The van der Waals surface area contributed by atoms with Crippen LogP contribution in [0.4, 0.5) is 5.69 Å². The van der Waals surface area contributed by atoms with Gasteiger partial charge in [0, 0.05) is 22.9 Å². The molecule has 184 valence electrons. The fourth-order valence-electron chi connectivity index (χ4n) is 5.00. The number of carboxylic acid groups (broad SMARTS) is 1. The van der Waals surface area contributed by atoms with E-state index in [1.807, 2.05) is 54.6 Å². The lowest BCUT2D eigenvalue weighted by Crippen LogP contribution is -2.13. The number of rotatable bonds is 5. The number of hydrogen-bond acceptors (Lipinski definition) is 3. The standard InChI is InChI=1S/C30H31N3O3/c1-30(2,3)22-13-15-23(16-14-22)31-28(34)20-10-8-19(9-11-20)27-32-25-18-21(29(35)36)12-17-26(25)33(27)24-6-4-5-7-24/h8-18,24H,4-7H2,1-3H3,(H,31,34)(H,35,36). The second-order valence-corrected chi connectivity index (χ2v) is 10.6. The normalized spacial score (nSPS) is 14.3. The van der Waals surface area contributed by atoms with E-state index >= 15 is 0 Å². The van der Waals surface area contributed by atoms with Gasteiger partial charge in [-0.2, -0.15) is 0 Å². The maximum atomic E-state index is 12.9. The highest BCUT2D eigenvalue weighted by Gasteiger charge is 2.24. The quantitative estimate of drug-likeness (QED) is 0.319. The van der Waals surface area contributed by atoms with Crippen LogP contribution in [0.1, 0.15) is 78.8 Å². The number of aromatic carboxylic acids is 1. The number of carbonyl (C=O) groups excluding carboxylic acids is 1. The third-order valence-electron chi connectivity index (χ3n) is 7.04. The number of aromatic nitrogens is 2. The van der Waals surface area contributed by atoms with Crippen molar-refractivity contribution in [2.24, 2.45) is 0 Å². The Bertz CT molecular complexity index is 1420. The van der Waals surface area contributed by atoms with Gasteiger partial charge in [0.2, 0.25) is 0 Å². The van der Waals surface area contributed by atoms with Crippen molar-refractivity contribution in [3.05, 3.63) is 83.4 Å². The summed E-state index contributed by atoms with van der Waals surface area (Å²) in [5.74, 6) is -0.318. The van der Waals surface area contributed by atoms with Crippen LogP contribution in [-0.4, -0.2) is 26.5 Å². The summed E-state index contributed by atoms with van der Waals surface area (Å²) in [5.41, 5.74) is 5.35. The van der Waals surface area contributed by atoms with Gasteiger partial charge in [-0.1, -0.05) is 57.9 Å². The molecular weight excluding hydrogens is 450 g/mol. The minimum Gasteiger partial charge on any atom is -0.478 e. The van der Waals surface area contributed by atoms with Gasteiger partial charge in [0.25, 0.3) is 5.91 Å². The fourth-order valence-corrected chi connectivity index (χ4v) is 5.00. The van der Waals surface area contributed by atoms with Crippen LogP contribution >= 0.6 is 0 Å². The van der Waals surface area contributed by atoms with E-state index in [1.165, 1.54) is 18.4 Å². The summed E-state index contributed by atoms with van der Waals surface area (Å²) in [5, 5.41) is 12.4. The van der Waals surface area contributed by atoms with Crippen LogP contribution in [-0.2, 0) is 5.41 Å². The van der Waals surface area contributed by atoms with E-state index in [-0.39, 0.29) is 16.9 Å². The molecule has 36 heavy (non-hydrogen) atoms. The number of benzene rings is 3. The Labute approximate surface area is 211 Å². The SMILES string of the molecule is CC(C)(C)c1ccc(NC(=O)c2ccc(-c3nc4cc(C(=O)O)ccc4n3C3CCCC3)cc2)cc1. The van der Waals surface area contributed by atoms with Crippen molar-refractivity contribution in [3.63, 3.8) is 0 Å². The predicted octanol–water partition coefficient (Wildman–Crippen LogP) is 7.07. The van der Waals surface area contributed by atoms with Crippen LogP contribution in [0.25, 0.3) is 22.4 Å². The number of carbonyl (C=O) groups is 2. The van der Waals surface area contributed by atoms with Crippen molar-refractivity contribution in [1.29, 1.82) is 0 Å². The summed E-state index contributed by atoms with van der Waals surface area (Å²) in [6.45, 7) is 6.48. The van der Waals surface area contributed by atoms with Crippen LogP contribution in [0.15, 0.2) is 66.7 Å². The molecule has 1 saturated carbocycles. The molecule has 0 saturated heterocycles. The number of imidazole rings is 1. The van der Waals surface area contributed by atoms with E-state index in [2.05, 4.69) is 30.7 Å². The molecule has 0 spiro atoms. The average molecular weight is 482 g/mol. The van der Waals surface area contributed by atoms with Gasteiger partial charge in [0.05, 0.1) is 16.6 Å². The van der Waals surface area contributed by atoms with Gasteiger partial charge in [-0.25, -0.2) is 9.78 Å². The van der Waals surface area contributed by atoms with Crippen molar-refractivity contribution in [1.82, 2.24) is 9.55 Å². The summed E-state index contributed by atoms with van der Waals surface area (Å²) >= 11 is 0. The second kappa shape index (κ2) is 9.26. The zero-order chi connectivity index (χ0) is 25.4. The zero-order valence-electron chi connectivity index (χ0n) is 20.9. The third kappa shape index (κ3) is 4.63. The Balaban J connectivity index is 1.43. The van der Waals surface area contributed by atoms with Gasteiger partial charge in [-0.15, -0.1) is 0 Å². The number of nitrogens with one attached hydrogen (secondary N) is 1. The van der Waals surface area contributed by atoms with Crippen molar-refractivity contribution in [2.45, 2.75) is 57.9 Å². The summed E-state index contributed by atoms with van der Waals surface area (Å²) in [6, 6.07) is 20.9. The molecule has 0 unspecified atom stereocenters. The van der Waals surface area contributed by atoms with Crippen molar-refractivity contribution in [3.8, 4) is 11.4 Å². The molecule has 6 nitrogen and oxygen atoms in total. The highest BCUT2D eigenvalue weighted by Crippen LogP contribution is 2.37. The number of anilines is 1. The molecule has 1 aliphatic carbocycles. The fraction of sp³-hybridized carbons (Fsp3) is 0.300. The minimum atomic E-state index is -0.961. The molecule has 1 heterocycles. The lowest BCUT2D eigenvalue weighted by molar-refractivity contribution is 0.0696. The van der Waals surface area contributed by atoms with E-state index in [9.17, 15) is 14.7 Å². The van der Waals surface area contributed by atoms with E-state index < -0.39 is 5.97 Å². The third-order valence-corrected chi connectivity index (χ3v) is 7.04. The summed E-state index contributed by atoms with van der Waals surface area (Å²) < 4.78 is 2.25. The Morgan fingerprint density at radius 1 is 0.917 bits per heavy atom. The number of nitrogens with zero attached hydrogens (tertiary/aromatic N) is 2. The van der Waals surface area contributed by atoms with Gasteiger partial charge in [-0.05, 0) is 66.3 Å². The first-order chi connectivity index (χ1) is 17.2. The maximum Gasteiger partial charge on any atom is 0.335 e. The minimum absolute atomic E-state index is 0.0581. The van der Waals surface area contributed by atoms with Gasteiger partial charge < -0.3 is 15.0 Å². The maximum absolute atomic E-state index is 12.9. The molecule has 3 aromatic carbocycles. The largest absolute Gasteiger partial charge is 0.478 e. The first-order valence-corrected chi connectivity index (χ1v) is 12.5. The summed E-state index contributed by atoms with van der Waals surface area (Å²) in [4.78, 5) is 29.2. The number of carboxylic acids is 1. The molecule has 1 aliphatic rings. The highest BCUT2D eigenvalue weighted by atomic mass is 16.4. The molecule has 0 aliphatic heterocycles. The van der Waals surface area contributed by atoms with Gasteiger partial charge in [0.15, 0.2) is 0 Å². The first kappa shape index (κ1) is 23.8. The van der Waals surface area contributed by atoms with Crippen LogP contribution in [0.2, 0.25) is 0 Å². The summed E-state index contributed by atoms with van der Waals surface area (Å²) in [7, 11) is 0. The van der Waals surface area contributed by atoms with Crippen LogP contribution in [0.3, 0.4) is 0 Å². The Morgan fingerprint density at radius 3 is 2.17 bits per heavy atom. The molecule has 1 fully saturated rings. The Hall–Kier alpha value is -3.93. The monoisotopic (exact) mass is 481 g/mol.